The maximum atomic E-state index is 12.1. The van der Waals surface area contributed by atoms with Crippen LogP contribution in [0.15, 0.2) is 48.5 Å². The van der Waals surface area contributed by atoms with Crippen LogP contribution in [0, 0.1) is 13.8 Å². The molecule has 1 heterocycles. The van der Waals surface area contributed by atoms with E-state index in [1.165, 1.54) is 0 Å². The zero-order valence-corrected chi connectivity index (χ0v) is 16.8. The van der Waals surface area contributed by atoms with Gasteiger partial charge in [0.1, 0.15) is 0 Å². The van der Waals surface area contributed by atoms with E-state index >= 15 is 0 Å². The molecule has 0 atom stereocenters. The molecule has 0 saturated heterocycles. The second-order valence-electron chi connectivity index (χ2n) is 6.52. The minimum absolute atomic E-state index is 0.0570. The molecule has 0 bridgehead atoms. The van der Waals surface area contributed by atoms with E-state index in [4.69, 9.17) is 23.2 Å². The zero-order chi connectivity index (χ0) is 19.4. The van der Waals surface area contributed by atoms with Gasteiger partial charge in [-0.15, -0.1) is 0 Å². The molecule has 0 saturated carbocycles. The van der Waals surface area contributed by atoms with Gasteiger partial charge >= 0.3 is 0 Å². The summed E-state index contributed by atoms with van der Waals surface area (Å²) in [6.07, 6.45) is 1.00. The molecule has 0 aliphatic rings. The van der Waals surface area contributed by atoms with E-state index in [0.717, 1.165) is 34.6 Å². The van der Waals surface area contributed by atoms with Crippen molar-refractivity contribution in [1.29, 1.82) is 0 Å². The summed E-state index contributed by atoms with van der Waals surface area (Å²) in [7, 11) is 0. The minimum atomic E-state index is -0.0570. The summed E-state index contributed by atoms with van der Waals surface area (Å²) >= 11 is 12.0. The number of nitrogens with one attached hydrogen (secondary N) is 1. The fourth-order valence-corrected chi connectivity index (χ4v) is 3.42. The van der Waals surface area contributed by atoms with Gasteiger partial charge in [0, 0.05) is 22.3 Å². The van der Waals surface area contributed by atoms with Crippen LogP contribution in [0.5, 0.6) is 0 Å². The second kappa shape index (κ2) is 8.59. The predicted molar refractivity (Wildman–Crippen MR) is 110 cm³/mol. The number of hydrogen-bond acceptors (Lipinski definition) is 2. The van der Waals surface area contributed by atoms with Crippen molar-refractivity contribution >= 4 is 29.1 Å². The maximum absolute atomic E-state index is 12.1. The molecule has 1 N–H and O–H groups in total. The molecule has 0 fully saturated rings. The summed E-state index contributed by atoms with van der Waals surface area (Å²) in [4.78, 5) is 12.1. The van der Waals surface area contributed by atoms with Crippen molar-refractivity contribution in [2.45, 2.75) is 26.7 Å². The molecule has 3 rings (SSSR count). The number of aryl methyl sites for hydroxylation is 2. The van der Waals surface area contributed by atoms with Crippen LogP contribution in [-0.2, 0) is 17.6 Å². The van der Waals surface area contributed by atoms with Crippen LogP contribution in [-0.4, -0.2) is 22.2 Å². The molecule has 0 radical (unpaired) electrons. The lowest BCUT2D eigenvalue weighted by atomic mass is 10.1. The van der Waals surface area contributed by atoms with Crippen LogP contribution in [0.25, 0.3) is 5.69 Å². The van der Waals surface area contributed by atoms with Gasteiger partial charge in [-0.05, 0) is 61.7 Å². The molecule has 27 heavy (non-hydrogen) atoms. The van der Waals surface area contributed by atoms with Gasteiger partial charge in [0.25, 0.3) is 0 Å². The Morgan fingerprint density at radius 3 is 2.44 bits per heavy atom. The monoisotopic (exact) mass is 401 g/mol. The summed E-state index contributed by atoms with van der Waals surface area (Å²) < 4.78 is 1.93. The lowest BCUT2D eigenvalue weighted by molar-refractivity contribution is -0.120. The molecule has 0 spiro atoms. The van der Waals surface area contributed by atoms with Gasteiger partial charge in [-0.2, -0.15) is 5.10 Å². The molecule has 2 aromatic carbocycles. The van der Waals surface area contributed by atoms with E-state index in [9.17, 15) is 4.79 Å². The fourth-order valence-electron chi connectivity index (χ4n) is 2.94. The summed E-state index contributed by atoms with van der Waals surface area (Å²) in [5, 5.41) is 8.50. The minimum Gasteiger partial charge on any atom is -0.355 e. The van der Waals surface area contributed by atoms with E-state index in [1.54, 1.807) is 18.2 Å². The lowest BCUT2D eigenvalue weighted by Crippen LogP contribution is -2.27. The Balaban J connectivity index is 1.51. The molecule has 0 unspecified atom stereocenters. The van der Waals surface area contributed by atoms with Gasteiger partial charge in [0.15, 0.2) is 0 Å². The fraction of sp³-hybridized carbons (Fsp3) is 0.238. The van der Waals surface area contributed by atoms with Crippen molar-refractivity contribution in [3.05, 3.63) is 81.1 Å². The van der Waals surface area contributed by atoms with Gasteiger partial charge in [-0.25, -0.2) is 4.68 Å². The second-order valence-corrected chi connectivity index (χ2v) is 7.36. The number of aromatic nitrogens is 2. The first kappa shape index (κ1) is 19.5. The first-order chi connectivity index (χ1) is 12.9. The smallest absolute Gasteiger partial charge is 0.224 e. The summed E-state index contributed by atoms with van der Waals surface area (Å²) in [6.45, 7) is 4.59. The van der Waals surface area contributed by atoms with E-state index in [-0.39, 0.29) is 12.3 Å². The molecule has 1 amide bonds. The first-order valence-corrected chi connectivity index (χ1v) is 9.51. The molecule has 1 aromatic heterocycles. The summed E-state index contributed by atoms with van der Waals surface area (Å²) in [6, 6.07) is 15.4. The van der Waals surface area contributed by atoms with Crippen LogP contribution in [0.2, 0.25) is 10.0 Å². The highest BCUT2D eigenvalue weighted by molar-refractivity contribution is 6.35. The third kappa shape index (κ3) is 5.12. The predicted octanol–water partition coefficient (Wildman–Crippen LogP) is 4.70. The number of amides is 1. The van der Waals surface area contributed by atoms with Crippen LogP contribution in [0.3, 0.4) is 0 Å². The van der Waals surface area contributed by atoms with E-state index < -0.39 is 0 Å². The molecule has 0 aliphatic heterocycles. The van der Waals surface area contributed by atoms with Gasteiger partial charge in [-0.3, -0.25) is 4.79 Å². The van der Waals surface area contributed by atoms with Crippen LogP contribution >= 0.6 is 23.2 Å². The Kier molecular flexibility index (Phi) is 6.19. The Morgan fingerprint density at radius 1 is 1.07 bits per heavy atom. The van der Waals surface area contributed by atoms with Gasteiger partial charge < -0.3 is 5.32 Å². The van der Waals surface area contributed by atoms with Gasteiger partial charge in [0.05, 0.1) is 17.8 Å². The van der Waals surface area contributed by atoms with Crippen LogP contribution in [0.1, 0.15) is 22.5 Å². The first-order valence-electron chi connectivity index (χ1n) is 8.75. The van der Waals surface area contributed by atoms with Crippen LogP contribution < -0.4 is 5.32 Å². The highest BCUT2D eigenvalue weighted by Gasteiger charge is 2.08. The molecule has 140 valence electrons. The number of benzene rings is 2. The third-order valence-electron chi connectivity index (χ3n) is 4.29. The Morgan fingerprint density at radius 2 is 1.81 bits per heavy atom. The van der Waals surface area contributed by atoms with Crippen molar-refractivity contribution in [2.24, 2.45) is 0 Å². The number of hydrogen-bond donors (Lipinski definition) is 1. The number of carbonyl (C=O) groups is 1. The maximum Gasteiger partial charge on any atom is 0.224 e. The highest BCUT2D eigenvalue weighted by atomic mass is 35.5. The summed E-state index contributed by atoms with van der Waals surface area (Å²) in [5.41, 5.74) is 5.07. The highest BCUT2D eigenvalue weighted by Crippen LogP contribution is 2.21. The normalized spacial score (nSPS) is 10.8. The molecule has 0 aliphatic carbocycles. The van der Waals surface area contributed by atoms with Crippen molar-refractivity contribution in [2.75, 3.05) is 6.54 Å². The van der Waals surface area contributed by atoms with Crippen LogP contribution in [0.4, 0.5) is 0 Å². The Hall–Kier alpha value is -2.30. The topological polar surface area (TPSA) is 46.9 Å². The number of carbonyl (C=O) groups excluding carboxylic acids is 1. The Bertz CT molecular complexity index is 949. The van der Waals surface area contributed by atoms with Gasteiger partial charge in [-0.1, -0.05) is 41.4 Å². The van der Waals surface area contributed by atoms with Gasteiger partial charge in [0.2, 0.25) is 5.91 Å². The Labute approximate surface area is 169 Å². The largest absolute Gasteiger partial charge is 0.355 e. The quantitative estimate of drug-likeness (QED) is 0.650. The average molecular weight is 402 g/mol. The van der Waals surface area contributed by atoms with Crippen molar-refractivity contribution in [3.63, 3.8) is 0 Å². The molecule has 6 heteroatoms. The van der Waals surface area contributed by atoms with E-state index in [1.807, 2.05) is 30.7 Å². The van der Waals surface area contributed by atoms with E-state index in [2.05, 4.69) is 28.6 Å². The summed E-state index contributed by atoms with van der Waals surface area (Å²) in [5.74, 6) is -0.0570. The van der Waals surface area contributed by atoms with E-state index in [0.29, 0.717) is 16.6 Å². The number of nitrogens with zero attached hydrogens (tertiary/aromatic N) is 2. The molecular weight excluding hydrogens is 381 g/mol. The molecular formula is C21H21Cl2N3O. The van der Waals surface area contributed by atoms with Crippen molar-refractivity contribution < 1.29 is 4.79 Å². The third-order valence-corrected chi connectivity index (χ3v) is 4.88. The number of halogens is 2. The SMILES string of the molecule is Cc1cc(C)n(-c2ccc(CCNC(=O)Cc3ccc(Cl)cc3Cl)cc2)n1. The zero-order valence-electron chi connectivity index (χ0n) is 15.3. The number of rotatable bonds is 6. The van der Waals surface area contributed by atoms with Crippen molar-refractivity contribution in [3.8, 4) is 5.69 Å². The lowest BCUT2D eigenvalue weighted by Gasteiger charge is -2.08. The molecule has 4 nitrogen and oxygen atoms in total. The average Bonchev–Trinajstić information content (AvgIpc) is 2.96. The molecule has 3 aromatic rings. The van der Waals surface area contributed by atoms with Crippen molar-refractivity contribution in [1.82, 2.24) is 15.1 Å². The standard InChI is InChI=1S/C21H21Cl2N3O/c1-14-11-15(2)26(25-14)19-7-3-16(4-8-19)9-10-24-21(27)12-17-5-6-18(22)13-20(17)23/h3-8,11,13H,9-10,12H2,1-2H3,(H,24,27).